The van der Waals surface area contributed by atoms with Gasteiger partial charge in [-0.15, -0.1) is 0 Å². The summed E-state index contributed by atoms with van der Waals surface area (Å²) in [6.45, 7) is 0. The molecule has 0 fully saturated rings. The van der Waals surface area contributed by atoms with Crippen molar-refractivity contribution in [1.82, 2.24) is 0 Å². The van der Waals surface area contributed by atoms with Crippen molar-refractivity contribution >= 4 is 46.4 Å². The third kappa shape index (κ3) is 3.45. The first-order valence-corrected chi connectivity index (χ1v) is 6.60. The minimum Gasteiger partial charge on any atom is -0.397 e. The van der Waals surface area contributed by atoms with E-state index in [1.54, 1.807) is 12.1 Å². The van der Waals surface area contributed by atoms with E-state index in [4.69, 9.17) is 34.7 Å². The van der Waals surface area contributed by atoms with Crippen LogP contribution in [0.1, 0.15) is 20.7 Å². The van der Waals surface area contributed by atoms with Crippen LogP contribution in [-0.2, 0) is 0 Å². The van der Waals surface area contributed by atoms with E-state index >= 15 is 0 Å². The minimum atomic E-state index is -0.537. The lowest BCUT2D eigenvalue weighted by molar-refractivity contribution is 0.0998. The van der Waals surface area contributed by atoms with Gasteiger partial charge in [0.1, 0.15) is 0 Å². The molecule has 0 heterocycles. The summed E-state index contributed by atoms with van der Waals surface area (Å²) in [6.07, 6.45) is 0. The summed E-state index contributed by atoms with van der Waals surface area (Å²) in [5, 5.41) is 3.06. The number of nitrogens with two attached hydrogens (primary N) is 2. The summed E-state index contributed by atoms with van der Waals surface area (Å²) in [6, 6.07) is 9.02. The first kappa shape index (κ1) is 15.2. The Morgan fingerprint density at radius 3 is 2.14 bits per heavy atom. The van der Waals surface area contributed by atoms with Gasteiger partial charge in [0.2, 0.25) is 5.91 Å². The van der Waals surface area contributed by atoms with Gasteiger partial charge < -0.3 is 16.8 Å². The maximum atomic E-state index is 12.1. The van der Waals surface area contributed by atoms with Crippen molar-refractivity contribution in [3.05, 3.63) is 57.6 Å². The normalized spacial score (nSPS) is 10.2. The zero-order valence-electron chi connectivity index (χ0n) is 10.7. The predicted molar refractivity (Wildman–Crippen MR) is 83.8 cm³/mol. The van der Waals surface area contributed by atoms with Gasteiger partial charge in [-0.1, -0.05) is 23.2 Å². The van der Waals surface area contributed by atoms with Crippen LogP contribution < -0.4 is 16.8 Å². The Balaban J connectivity index is 2.20. The number of carbonyl (C=O) groups excluding carboxylic acids is 2. The highest BCUT2D eigenvalue weighted by molar-refractivity contribution is 6.44. The van der Waals surface area contributed by atoms with E-state index in [0.717, 1.165) is 0 Å². The molecule has 0 atom stereocenters. The molecule has 5 nitrogen and oxygen atoms in total. The quantitative estimate of drug-likeness (QED) is 0.757. The highest BCUT2D eigenvalue weighted by Gasteiger charge is 2.11. The van der Waals surface area contributed by atoms with Gasteiger partial charge in [-0.2, -0.15) is 0 Å². The molecular weight excluding hydrogens is 313 g/mol. The molecule has 0 spiro atoms. The molecule has 0 aliphatic carbocycles. The molecule has 0 unspecified atom stereocenters. The van der Waals surface area contributed by atoms with Crippen LogP contribution in [0.2, 0.25) is 10.0 Å². The van der Waals surface area contributed by atoms with Gasteiger partial charge in [-0.05, 0) is 36.4 Å². The average molecular weight is 324 g/mol. The molecule has 0 saturated heterocycles. The topological polar surface area (TPSA) is 98.2 Å². The number of anilines is 2. The van der Waals surface area contributed by atoms with E-state index in [-0.39, 0.29) is 21.3 Å². The van der Waals surface area contributed by atoms with E-state index in [2.05, 4.69) is 5.32 Å². The first-order valence-electron chi connectivity index (χ1n) is 5.84. The predicted octanol–water partition coefficient (Wildman–Crippen LogP) is 2.93. The molecular formula is C14H11Cl2N3O2. The second kappa shape index (κ2) is 6.03. The summed E-state index contributed by atoms with van der Waals surface area (Å²) in [4.78, 5) is 23.0. The fourth-order valence-electron chi connectivity index (χ4n) is 1.66. The van der Waals surface area contributed by atoms with E-state index in [9.17, 15) is 9.59 Å². The van der Waals surface area contributed by atoms with Crippen molar-refractivity contribution in [3.63, 3.8) is 0 Å². The zero-order valence-corrected chi connectivity index (χ0v) is 12.2. The van der Waals surface area contributed by atoms with Crippen molar-refractivity contribution in [3.8, 4) is 0 Å². The number of rotatable bonds is 3. The molecule has 0 aliphatic heterocycles. The smallest absolute Gasteiger partial charge is 0.255 e. The van der Waals surface area contributed by atoms with E-state index in [1.807, 2.05) is 0 Å². The van der Waals surface area contributed by atoms with Gasteiger partial charge in [0.15, 0.2) is 0 Å². The van der Waals surface area contributed by atoms with Crippen molar-refractivity contribution < 1.29 is 9.59 Å². The Bertz CT molecular complexity index is 692. The Hall–Kier alpha value is -2.24. The van der Waals surface area contributed by atoms with Crippen molar-refractivity contribution in [2.24, 2.45) is 5.73 Å². The monoisotopic (exact) mass is 323 g/mol. The minimum absolute atomic E-state index is 0.200. The second-order valence-corrected chi connectivity index (χ2v) is 5.04. The van der Waals surface area contributed by atoms with Gasteiger partial charge in [0.05, 0.1) is 15.7 Å². The van der Waals surface area contributed by atoms with Gasteiger partial charge in [0, 0.05) is 16.8 Å². The molecule has 21 heavy (non-hydrogen) atoms. The lowest BCUT2D eigenvalue weighted by Gasteiger charge is -2.08. The highest BCUT2D eigenvalue weighted by atomic mass is 35.5. The number of benzene rings is 2. The molecule has 0 saturated carbocycles. The van der Waals surface area contributed by atoms with E-state index in [0.29, 0.717) is 11.3 Å². The Morgan fingerprint density at radius 1 is 1.00 bits per heavy atom. The fraction of sp³-hybridized carbons (Fsp3) is 0. The Labute approximate surface area is 130 Å². The summed E-state index contributed by atoms with van der Waals surface area (Å²) >= 11 is 11.7. The Morgan fingerprint density at radius 2 is 1.62 bits per heavy atom. The van der Waals surface area contributed by atoms with E-state index in [1.165, 1.54) is 24.3 Å². The number of carbonyl (C=O) groups is 2. The number of hydrogen-bond acceptors (Lipinski definition) is 3. The zero-order chi connectivity index (χ0) is 15.6. The van der Waals surface area contributed by atoms with E-state index < -0.39 is 11.8 Å². The second-order valence-electron chi connectivity index (χ2n) is 4.26. The van der Waals surface area contributed by atoms with Gasteiger partial charge in [-0.25, -0.2) is 0 Å². The van der Waals surface area contributed by atoms with Crippen molar-refractivity contribution in [2.45, 2.75) is 0 Å². The summed E-state index contributed by atoms with van der Waals surface area (Å²) < 4.78 is 0. The molecule has 2 amide bonds. The van der Waals surface area contributed by atoms with Crippen LogP contribution in [-0.4, -0.2) is 11.8 Å². The molecule has 0 aromatic heterocycles. The summed E-state index contributed by atoms with van der Waals surface area (Å²) in [5.41, 5.74) is 12.2. The average Bonchev–Trinajstić information content (AvgIpc) is 2.44. The molecule has 5 N–H and O–H groups in total. The molecule has 7 heteroatoms. The molecule has 108 valence electrons. The fourth-order valence-corrected chi connectivity index (χ4v) is 2.00. The third-order valence-electron chi connectivity index (χ3n) is 2.75. The van der Waals surface area contributed by atoms with Crippen LogP contribution >= 0.6 is 23.2 Å². The number of nitrogens with one attached hydrogen (secondary N) is 1. The van der Waals surface area contributed by atoms with Crippen molar-refractivity contribution in [1.29, 1.82) is 0 Å². The van der Waals surface area contributed by atoms with Gasteiger partial charge in [-0.3, -0.25) is 9.59 Å². The van der Waals surface area contributed by atoms with Crippen LogP contribution in [0, 0.1) is 0 Å². The largest absolute Gasteiger partial charge is 0.397 e. The third-order valence-corrected chi connectivity index (χ3v) is 3.56. The molecule has 2 aromatic rings. The van der Waals surface area contributed by atoms with Gasteiger partial charge in [0.25, 0.3) is 5.91 Å². The maximum absolute atomic E-state index is 12.1. The molecule has 0 aliphatic rings. The lowest BCUT2D eigenvalue weighted by atomic mass is 10.1. The number of amides is 2. The summed E-state index contributed by atoms with van der Waals surface area (Å²) in [5.74, 6) is -0.933. The first-order chi connectivity index (χ1) is 9.88. The number of primary amides is 1. The number of nitrogen functional groups attached to an aromatic ring is 1. The number of hydrogen-bond donors (Lipinski definition) is 3. The van der Waals surface area contributed by atoms with Crippen molar-refractivity contribution in [2.75, 3.05) is 11.1 Å². The highest BCUT2D eigenvalue weighted by Crippen LogP contribution is 2.29. The standard InChI is InChI=1S/C14H11Cl2N3O2/c15-10-5-8(6-11(17)12(10)16)14(21)19-9-3-1-7(2-4-9)13(18)20/h1-6H,17H2,(H2,18,20)(H,19,21). The molecule has 2 rings (SSSR count). The number of halogens is 2. The van der Waals surface area contributed by atoms with Gasteiger partial charge >= 0.3 is 0 Å². The van der Waals surface area contributed by atoms with Crippen LogP contribution in [0.4, 0.5) is 11.4 Å². The van der Waals surface area contributed by atoms with Crippen LogP contribution in [0.5, 0.6) is 0 Å². The maximum Gasteiger partial charge on any atom is 0.255 e. The molecule has 0 radical (unpaired) electrons. The molecule has 0 bridgehead atoms. The van der Waals surface area contributed by atoms with Crippen LogP contribution in [0.25, 0.3) is 0 Å². The van der Waals surface area contributed by atoms with Crippen LogP contribution in [0.3, 0.4) is 0 Å². The Kier molecular flexibility index (Phi) is 4.35. The lowest BCUT2D eigenvalue weighted by Crippen LogP contribution is -2.13. The summed E-state index contributed by atoms with van der Waals surface area (Å²) in [7, 11) is 0. The van der Waals surface area contributed by atoms with Crippen LogP contribution in [0.15, 0.2) is 36.4 Å². The SMILES string of the molecule is NC(=O)c1ccc(NC(=O)c2cc(N)c(Cl)c(Cl)c2)cc1. The molecule has 2 aromatic carbocycles.